The maximum Gasteiger partial charge on any atom is 0.417 e. The standard InChI is InChI=1S/C15H19F3N2O/c1-10(11-5-4-8-19-9-11)20-14(21)12-6-2-3-7-13(12)15(16,17)18/h2-3,6-7,10-11,19H,4-5,8-9H2,1H3,(H,20,21). The van der Waals surface area contributed by atoms with E-state index in [9.17, 15) is 18.0 Å². The van der Waals surface area contributed by atoms with E-state index in [1.54, 1.807) is 0 Å². The highest BCUT2D eigenvalue weighted by Gasteiger charge is 2.35. The van der Waals surface area contributed by atoms with Crippen molar-refractivity contribution in [2.24, 2.45) is 5.92 Å². The predicted octanol–water partition coefficient (Wildman–Crippen LogP) is 2.82. The Bertz CT molecular complexity index is 496. The zero-order valence-corrected chi connectivity index (χ0v) is 11.8. The molecule has 3 nitrogen and oxygen atoms in total. The lowest BCUT2D eigenvalue weighted by Gasteiger charge is -2.29. The Morgan fingerprint density at radius 2 is 2.10 bits per heavy atom. The first kappa shape index (κ1) is 15.8. The lowest BCUT2D eigenvalue weighted by Crippen LogP contribution is -2.44. The van der Waals surface area contributed by atoms with Gasteiger partial charge in [0.05, 0.1) is 11.1 Å². The molecule has 1 fully saturated rings. The van der Waals surface area contributed by atoms with Gasteiger partial charge in [-0.05, 0) is 50.9 Å². The fourth-order valence-corrected chi connectivity index (χ4v) is 2.64. The van der Waals surface area contributed by atoms with Crippen LogP contribution < -0.4 is 10.6 Å². The third kappa shape index (κ3) is 3.97. The van der Waals surface area contributed by atoms with Gasteiger partial charge in [-0.1, -0.05) is 12.1 Å². The van der Waals surface area contributed by atoms with E-state index < -0.39 is 17.6 Å². The molecule has 0 bridgehead atoms. The Hall–Kier alpha value is -1.56. The van der Waals surface area contributed by atoms with Crippen LogP contribution in [0.5, 0.6) is 0 Å². The number of halogens is 3. The largest absolute Gasteiger partial charge is 0.417 e. The van der Waals surface area contributed by atoms with Crippen LogP contribution in [0.15, 0.2) is 24.3 Å². The fourth-order valence-electron chi connectivity index (χ4n) is 2.64. The van der Waals surface area contributed by atoms with Gasteiger partial charge in [-0.3, -0.25) is 4.79 Å². The molecule has 1 aliphatic rings. The lowest BCUT2D eigenvalue weighted by molar-refractivity contribution is -0.137. The molecule has 1 heterocycles. The lowest BCUT2D eigenvalue weighted by atomic mass is 9.92. The molecular formula is C15H19F3N2O. The predicted molar refractivity (Wildman–Crippen MR) is 74.0 cm³/mol. The van der Waals surface area contributed by atoms with Crippen molar-refractivity contribution >= 4 is 5.91 Å². The average Bonchev–Trinajstić information content (AvgIpc) is 2.47. The monoisotopic (exact) mass is 300 g/mol. The van der Waals surface area contributed by atoms with Gasteiger partial charge in [0.25, 0.3) is 5.91 Å². The summed E-state index contributed by atoms with van der Waals surface area (Å²) in [7, 11) is 0. The molecule has 2 rings (SSSR count). The molecule has 1 amide bonds. The van der Waals surface area contributed by atoms with Crippen molar-refractivity contribution in [3.63, 3.8) is 0 Å². The van der Waals surface area contributed by atoms with Crippen molar-refractivity contribution in [1.29, 1.82) is 0 Å². The third-order valence-corrected chi connectivity index (χ3v) is 3.88. The van der Waals surface area contributed by atoms with E-state index in [4.69, 9.17) is 0 Å². The van der Waals surface area contributed by atoms with E-state index in [1.807, 2.05) is 6.92 Å². The summed E-state index contributed by atoms with van der Waals surface area (Å²) in [5.41, 5.74) is -1.21. The number of hydrogen-bond acceptors (Lipinski definition) is 2. The number of carbonyl (C=O) groups is 1. The van der Waals surface area contributed by atoms with Gasteiger partial charge >= 0.3 is 6.18 Å². The van der Waals surface area contributed by atoms with Gasteiger partial charge in [-0.2, -0.15) is 13.2 Å². The topological polar surface area (TPSA) is 41.1 Å². The summed E-state index contributed by atoms with van der Waals surface area (Å²) >= 11 is 0. The van der Waals surface area contributed by atoms with Crippen LogP contribution in [-0.2, 0) is 6.18 Å². The maximum absolute atomic E-state index is 12.9. The Labute approximate surface area is 121 Å². The summed E-state index contributed by atoms with van der Waals surface area (Å²) in [6.07, 6.45) is -2.54. The highest BCUT2D eigenvalue weighted by molar-refractivity contribution is 5.96. The molecule has 1 saturated heterocycles. The second-order valence-corrected chi connectivity index (χ2v) is 5.41. The van der Waals surface area contributed by atoms with Crippen LogP contribution >= 0.6 is 0 Å². The smallest absolute Gasteiger partial charge is 0.349 e. The molecule has 21 heavy (non-hydrogen) atoms. The summed E-state index contributed by atoms with van der Waals surface area (Å²) in [4.78, 5) is 12.1. The van der Waals surface area contributed by atoms with E-state index in [0.29, 0.717) is 0 Å². The molecule has 1 aromatic rings. The van der Waals surface area contributed by atoms with Crippen molar-refractivity contribution < 1.29 is 18.0 Å². The molecule has 0 saturated carbocycles. The first-order valence-corrected chi connectivity index (χ1v) is 7.07. The van der Waals surface area contributed by atoms with Gasteiger partial charge < -0.3 is 10.6 Å². The number of benzene rings is 1. The number of piperidine rings is 1. The van der Waals surface area contributed by atoms with Crippen LogP contribution in [0.25, 0.3) is 0 Å². The zero-order valence-electron chi connectivity index (χ0n) is 11.8. The van der Waals surface area contributed by atoms with Crippen LogP contribution in [0.3, 0.4) is 0 Å². The van der Waals surface area contributed by atoms with E-state index in [-0.39, 0.29) is 17.5 Å². The summed E-state index contributed by atoms with van der Waals surface area (Å²) in [6.45, 7) is 3.57. The Morgan fingerprint density at radius 3 is 2.71 bits per heavy atom. The SMILES string of the molecule is CC(NC(=O)c1ccccc1C(F)(F)F)C1CCCNC1. The van der Waals surface area contributed by atoms with Crippen molar-refractivity contribution in [2.45, 2.75) is 32.0 Å². The molecule has 2 atom stereocenters. The fraction of sp³-hybridized carbons (Fsp3) is 0.533. The van der Waals surface area contributed by atoms with E-state index in [0.717, 1.165) is 32.0 Å². The van der Waals surface area contributed by atoms with Gasteiger partial charge in [0.1, 0.15) is 0 Å². The minimum absolute atomic E-state index is 0.161. The molecule has 2 N–H and O–H groups in total. The number of nitrogens with one attached hydrogen (secondary N) is 2. The minimum atomic E-state index is -4.52. The Kier molecular flexibility index (Phi) is 4.88. The first-order chi connectivity index (χ1) is 9.89. The van der Waals surface area contributed by atoms with Gasteiger partial charge in [0.15, 0.2) is 0 Å². The number of alkyl halides is 3. The number of hydrogen-bond donors (Lipinski definition) is 2. The Balaban J connectivity index is 2.10. The highest BCUT2D eigenvalue weighted by atomic mass is 19.4. The Morgan fingerprint density at radius 1 is 1.38 bits per heavy atom. The van der Waals surface area contributed by atoms with E-state index in [2.05, 4.69) is 10.6 Å². The first-order valence-electron chi connectivity index (χ1n) is 7.07. The number of carbonyl (C=O) groups excluding carboxylic acids is 1. The second-order valence-electron chi connectivity index (χ2n) is 5.41. The molecule has 0 spiro atoms. The maximum atomic E-state index is 12.9. The van der Waals surface area contributed by atoms with Crippen molar-refractivity contribution in [3.8, 4) is 0 Å². The molecule has 0 radical (unpaired) electrons. The van der Waals surface area contributed by atoms with E-state index >= 15 is 0 Å². The zero-order chi connectivity index (χ0) is 15.5. The quantitative estimate of drug-likeness (QED) is 0.901. The molecule has 0 aromatic heterocycles. The molecule has 116 valence electrons. The van der Waals surface area contributed by atoms with Gasteiger partial charge in [0.2, 0.25) is 0 Å². The van der Waals surface area contributed by atoms with Crippen molar-refractivity contribution in [2.75, 3.05) is 13.1 Å². The van der Waals surface area contributed by atoms with Crippen LogP contribution in [0.2, 0.25) is 0 Å². The van der Waals surface area contributed by atoms with Crippen LogP contribution in [0, 0.1) is 5.92 Å². The third-order valence-electron chi connectivity index (χ3n) is 3.88. The van der Waals surface area contributed by atoms with Crippen molar-refractivity contribution in [3.05, 3.63) is 35.4 Å². The molecule has 1 aromatic carbocycles. The van der Waals surface area contributed by atoms with Gasteiger partial charge in [-0.25, -0.2) is 0 Å². The summed E-state index contributed by atoms with van der Waals surface area (Å²) in [5.74, 6) is -0.415. The molecular weight excluding hydrogens is 281 g/mol. The van der Waals surface area contributed by atoms with E-state index in [1.165, 1.54) is 18.2 Å². The highest BCUT2D eigenvalue weighted by Crippen LogP contribution is 2.31. The normalized spacial score (nSPS) is 20.9. The summed E-state index contributed by atoms with van der Waals surface area (Å²) in [5, 5.41) is 5.93. The van der Waals surface area contributed by atoms with Crippen LogP contribution in [-0.4, -0.2) is 25.0 Å². The summed E-state index contributed by atoms with van der Waals surface area (Å²) < 4.78 is 38.7. The minimum Gasteiger partial charge on any atom is -0.349 e. The van der Waals surface area contributed by atoms with Crippen molar-refractivity contribution in [1.82, 2.24) is 10.6 Å². The molecule has 6 heteroatoms. The molecule has 1 aliphatic heterocycles. The van der Waals surface area contributed by atoms with Gasteiger partial charge in [-0.15, -0.1) is 0 Å². The average molecular weight is 300 g/mol. The molecule has 2 unspecified atom stereocenters. The van der Waals surface area contributed by atoms with Crippen LogP contribution in [0.1, 0.15) is 35.7 Å². The molecule has 0 aliphatic carbocycles. The number of rotatable bonds is 3. The van der Waals surface area contributed by atoms with Crippen LogP contribution in [0.4, 0.5) is 13.2 Å². The summed E-state index contributed by atoms with van der Waals surface area (Å²) in [6, 6.07) is 4.71. The number of amides is 1. The second kappa shape index (κ2) is 6.47. The van der Waals surface area contributed by atoms with Gasteiger partial charge in [0, 0.05) is 6.04 Å².